The number of rotatable bonds is 1. The van der Waals surface area contributed by atoms with Crippen molar-refractivity contribution in [2.75, 3.05) is 0 Å². The van der Waals surface area contributed by atoms with Crippen molar-refractivity contribution in [2.45, 2.75) is 25.4 Å². The third-order valence-electron chi connectivity index (χ3n) is 2.92. The summed E-state index contributed by atoms with van der Waals surface area (Å²) in [7, 11) is 0. The van der Waals surface area contributed by atoms with E-state index in [4.69, 9.17) is 0 Å². The van der Waals surface area contributed by atoms with Crippen LogP contribution in [-0.2, 0) is 12.4 Å². The summed E-state index contributed by atoms with van der Waals surface area (Å²) in [6.07, 6.45) is -11.1. The van der Waals surface area contributed by atoms with Gasteiger partial charge in [-0.15, -0.1) is 0 Å². The van der Waals surface area contributed by atoms with Crippen molar-refractivity contribution in [3.63, 3.8) is 0 Å². The van der Waals surface area contributed by atoms with Gasteiger partial charge in [0.25, 0.3) is 0 Å². The molecule has 0 aliphatic carbocycles. The number of hydrogen-bond donors (Lipinski definition) is 1. The number of aromatic nitrogens is 1. The smallest absolute Gasteiger partial charge is 0.389 e. The number of alkyl halides is 6. The lowest BCUT2D eigenvalue weighted by atomic mass is 10.0. The molecule has 0 fully saturated rings. The van der Waals surface area contributed by atoms with Gasteiger partial charge >= 0.3 is 12.4 Å². The molecular weight excluding hydrogens is 300 g/mol. The average molecular weight is 309 g/mol. The Morgan fingerprint density at radius 1 is 1.05 bits per heavy atom. The van der Waals surface area contributed by atoms with Crippen molar-refractivity contribution in [1.82, 2.24) is 4.98 Å². The van der Waals surface area contributed by atoms with E-state index in [1.807, 2.05) is 0 Å². The number of hydrogen-bond acceptors (Lipinski definition) is 2. The lowest BCUT2D eigenvalue weighted by Gasteiger charge is -2.16. The van der Waals surface area contributed by atoms with Gasteiger partial charge in [0.15, 0.2) is 0 Å². The number of aliphatic hydroxyl groups is 1. The Balaban J connectivity index is 2.91. The van der Waals surface area contributed by atoms with Gasteiger partial charge in [-0.2, -0.15) is 26.3 Å². The molecule has 114 valence electrons. The first-order valence-electron chi connectivity index (χ1n) is 5.78. The van der Waals surface area contributed by atoms with Crippen LogP contribution in [0.4, 0.5) is 26.3 Å². The molecule has 21 heavy (non-hydrogen) atoms. The lowest BCUT2D eigenvalue weighted by molar-refractivity contribution is -0.142. The average Bonchev–Trinajstić information content (AvgIpc) is 2.34. The zero-order valence-corrected chi connectivity index (χ0v) is 10.5. The molecule has 0 amide bonds. The van der Waals surface area contributed by atoms with E-state index in [1.165, 1.54) is 13.0 Å². The molecule has 2 aromatic rings. The van der Waals surface area contributed by atoms with Gasteiger partial charge in [-0.1, -0.05) is 12.1 Å². The first-order valence-corrected chi connectivity index (χ1v) is 5.78. The Morgan fingerprint density at radius 2 is 1.67 bits per heavy atom. The maximum atomic E-state index is 12.9. The van der Waals surface area contributed by atoms with Crippen molar-refractivity contribution >= 4 is 10.9 Å². The molecule has 0 radical (unpaired) electrons. The summed E-state index contributed by atoms with van der Waals surface area (Å²) in [5.41, 5.74) is -3.82. The third kappa shape index (κ3) is 2.94. The molecular formula is C13H9F6NO. The predicted octanol–water partition coefficient (Wildman–Crippen LogP) is 4.33. The number of nitrogens with zero attached hydrogens (tertiary/aromatic N) is 1. The van der Waals surface area contributed by atoms with E-state index >= 15 is 0 Å². The Kier molecular flexibility index (Phi) is 3.61. The van der Waals surface area contributed by atoms with Crippen LogP contribution >= 0.6 is 0 Å². The van der Waals surface area contributed by atoms with E-state index < -0.39 is 35.2 Å². The summed E-state index contributed by atoms with van der Waals surface area (Å²) >= 11 is 0. The first kappa shape index (κ1) is 15.6. The zero-order valence-electron chi connectivity index (χ0n) is 10.5. The minimum Gasteiger partial charge on any atom is -0.389 e. The van der Waals surface area contributed by atoms with Crippen LogP contribution in [0, 0.1) is 0 Å². The number of benzene rings is 1. The summed E-state index contributed by atoms with van der Waals surface area (Å²) in [6, 6.07) is 3.47. The van der Waals surface area contributed by atoms with Crippen LogP contribution in [-0.4, -0.2) is 10.1 Å². The van der Waals surface area contributed by atoms with Crippen LogP contribution in [0.15, 0.2) is 24.3 Å². The fourth-order valence-corrected chi connectivity index (χ4v) is 1.99. The molecule has 0 aliphatic rings. The fraction of sp³-hybridized carbons (Fsp3) is 0.308. The second-order valence-corrected chi connectivity index (χ2v) is 4.47. The maximum Gasteiger partial charge on any atom is 0.433 e. The highest BCUT2D eigenvalue weighted by Gasteiger charge is 2.37. The minimum atomic E-state index is -4.91. The summed E-state index contributed by atoms with van der Waals surface area (Å²) in [5.74, 6) is 0. The van der Waals surface area contributed by atoms with Crippen LogP contribution in [0.25, 0.3) is 10.9 Å². The second kappa shape index (κ2) is 4.87. The van der Waals surface area contributed by atoms with Crippen LogP contribution < -0.4 is 0 Å². The highest BCUT2D eigenvalue weighted by molar-refractivity contribution is 5.86. The summed E-state index contributed by atoms with van der Waals surface area (Å²) in [5, 5.41) is 9.37. The first-order chi connectivity index (χ1) is 9.51. The van der Waals surface area contributed by atoms with Gasteiger partial charge in [-0.05, 0) is 24.6 Å². The van der Waals surface area contributed by atoms with Crippen molar-refractivity contribution in [2.24, 2.45) is 0 Å². The summed E-state index contributed by atoms with van der Waals surface area (Å²) in [6.45, 7) is 1.18. The van der Waals surface area contributed by atoms with Gasteiger partial charge < -0.3 is 5.11 Å². The third-order valence-corrected chi connectivity index (χ3v) is 2.92. The maximum absolute atomic E-state index is 12.9. The molecule has 2 rings (SSSR count). The Labute approximate surface area is 115 Å². The zero-order chi connectivity index (χ0) is 16.0. The van der Waals surface area contributed by atoms with E-state index in [-0.39, 0.29) is 10.9 Å². The van der Waals surface area contributed by atoms with Gasteiger partial charge in [-0.3, -0.25) is 0 Å². The normalized spacial score (nSPS) is 14.5. The van der Waals surface area contributed by atoms with Crippen molar-refractivity contribution in [3.05, 3.63) is 41.1 Å². The predicted molar refractivity (Wildman–Crippen MR) is 62.4 cm³/mol. The second-order valence-electron chi connectivity index (χ2n) is 4.47. The monoisotopic (exact) mass is 309 g/mol. The highest BCUT2D eigenvalue weighted by atomic mass is 19.4. The van der Waals surface area contributed by atoms with Gasteiger partial charge in [0.05, 0.1) is 17.2 Å². The molecule has 1 aromatic heterocycles. The molecule has 0 bridgehead atoms. The largest absolute Gasteiger partial charge is 0.433 e. The van der Waals surface area contributed by atoms with Gasteiger partial charge in [0.2, 0.25) is 0 Å². The molecule has 1 N–H and O–H groups in total. The lowest BCUT2D eigenvalue weighted by Crippen LogP contribution is -2.13. The van der Waals surface area contributed by atoms with Gasteiger partial charge in [0, 0.05) is 5.39 Å². The van der Waals surface area contributed by atoms with E-state index in [2.05, 4.69) is 4.98 Å². The Morgan fingerprint density at radius 3 is 2.14 bits per heavy atom. The van der Waals surface area contributed by atoms with Crippen LogP contribution in [0.3, 0.4) is 0 Å². The minimum absolute atomic E-state index is 0.159. The number of aliphatic hydroxyl groups excluding tert-OH is 1. The summed E-state index contributed by atoms with van der Waals surface area (Å²) < 4.78 is 77.0. The number of fused-ring (bicyclic) bond motifs is 1. The van der Waals surface area contributed by atoms with Crippen LogP contribution in [0.2, 0.25) is 0 Å². The van der Waals surface area contributed by atoms with E-state index in [1.54, 1.807) is 0 Å². The number of para-hydroxylation sites is 1. The van der Waals surface area contributed by atoms with Crippen molar-refractivity contribution in [3.8, 4) is 0 Å². The van der Waals surface area contributed by atoms with Crippen LogP contribution in [0.1, 0.15) is 29.8 Å². The van der Waals surface area contributed by atoms with Crippen molar-refractivity contribution in [1.29, 1.82) is 0 Å². The molecule has 2 nitrogen and oxygen atoms in total. The molecule has 1 unspecified atom stereocenters. The molecule has 0 saturated carbocycles. The topological polar surface area (TPSA) is 33.1 Å². The van der Waals surface area contributed by atoms with E-state index in [0.29, 0.717) is 12.1 Å². The molecule has 1 aromatic carbocycles. The molecule has 1 atom stereocenters. The standard InChI is InChI=1S/C13H9F6NO/c1-6(21)8-5-10(13(17,18)19)20-11-7(8)3-2-4-9(11)12(14,15)16/h2-6,21H,1H3. The summed E-state index contributed by atoms with van der Waals surface area (Å²) in [4.78, 5) is 3.10. The Bertz CT molecular complexity index is 675. The molecule has 0 aliphatic heterocycles. The fourth-order valence-electron chi connectivity index (χ4n) is 1.99. The number of halogens is 6. The van der Waals surface area contributed by atoms with Crippen molar-refractivity contribution < 1.29 is 31.4 Å². The van der Waals surface area contributed by atoms with Gasteiger partial charge in [-0.25, -0.2) is 4.98 Å². The SMILES string of the molecule is CC(O)c1cc(C(F)(F)F)nc2c(C(F)(F)F)cccc12. The molecule has 8 heteroatoms. The Hall–Kier alpha value is -1.83. The van der Waals surface area contributed by atoms with E-state index in [9.17, 15) is 31.4 Å². The number of pyridine rings is 1. The highest BCUT2D eigenvalue weighted by Crippen LogP contribution is 2.38. The molecule has 1 heterocycles. The molecule has 0 spiro atoms. The van der Waals surface area contributed by atoms with Gasteiger partial charge in [0.1, 0.15) is 5.69 Å². The molecule has 0 saturated heterocycles. The quantitative estimate of drug-likeness (QED) is 0.796. The van der Waals surface area contributed by atoms with Crippen LogP contribution in [0.5, 0.6) is 0 Å². The van der Waals surface area contributed by atoms with E-state index in [0.717, 1.165) is 6.07 Å².